The highest BCUT2D eigenvalue weighted by molar-refractivity contribution is 6.22. The molecular weight excluding hydrogens is 536 g/mol. The van der Waals surface area contributed by atoms with Crippen LogP contribution in [0.2, 0.25) is 0 Å². The maximum absolute atomic E-state index is 10.5. The van der Waals surface area contributed by atoms with Gasteiger partial charge in [0.1, 0.15) is 0 Å². The molecule has 2 aromatic heterocycles. The lowest BCUT2D eigenvalue weighted by atomic mass is 10.0. The largest absolute Gasteiger partial charge is 0.319 e. The lowest BCUT2D eigenvalue weighted by Gasteiger charge is -2.16. The SMILES string of the molecule is [C-]#[N+]c1cc(C#N)c(-n2c3ccccc3c3c4ccccc4ccc32)cc1-n1c2ccccc2c2c3ccccc3ccc21. The molecule has 0 unspecified atom stereocenters. The van der Waals surface area contributed by atoms with Crippen LogP contribution in [-0.2, 0) is 0 Å². The molecule has 9 aromatic rings. The number of hydrogen-bond donors (Lipinski definition) is 0. The summed E-state index contributed by atoms with van der Waals surface area (Å²) in [6.07, 6.45) is 0. The van der Waals surface area contributed by atoms with Crippen LogP contribution in [-0.4, -0.2) is 9.13 Å². The van der Waals surface area contributed by atoms with E-state index in [-0.39, 0.29) is 0 Å². The van der Waals surface area contributed by atoms with Gasteiger partial charge in [-0.3, -0.25) is 0 Å². The Morgan fingerprint density at radius 3 is 1.50 bits per heavy atom. The van der Waals surface area contributed by atoms with Crippen molar-refractivity contribution in [1.29, 1.82) is 5.26 Å². The molecule has 2 heterocycles. The summed E-state index contributed by atoms with van der Waals surface area (Å²) in [5.74, 6) is 0. The van der Waals surface area contributed by atoms with Crippen LogP contribution >= 0.6 is 0 Å². The molecule has 44 heavy (non-hydrogen) atoms. The van der Waals surface area contributed by atoms with Crippen LogP contribution in [0.1, 0.15) is 5.56 Å². The maximum Gasteiger partial charge on any atom is 0.212 e. The molecule has 0 aliphatic rings. The number of hydrogen-bond acceptors (Lipinski definition) is 1. The highest BCUT2D eigenvalue weighted by Gasteiger charge is 2.22. The van der Waals surface area contributed by atoms with E-state index in [1.54, 1.807) is 6.07 Å². The van der Waals surface area contributed by atoms with E-state index in [0.717, 1.165) is 55.0 Å². The molecule has 0 saturated carbocycles. The van der Waals surface area contributed by atoms with Crippen molar-refractivity contribution in [2.75, 3.05) is 0 Å². The molecule has 4 nitrogen and oxygen atoms in total. The molecule has 0 radical (unpaired) electrons. The van der Waals surface area contributed by atoms with E-state index in [9.17, 15) is 5.26 Å². The molecule has 0 amide bonds. The van der Waals surface area contributed by atoms with E-state index in [1.165, 1.54) is 21.5 Å². The molecule has 0 spiro atoms. The second-order valence-corrected chi connectivity index (χ2v) is 11.1. The van der Waals surface area contributed by atoms with E-state index in [4.69, 9.17) is 6.57 Å². The lowest BCUT2D eigenvalue weighted by Crippen LogP contribution is -2.02. The summed E-state index contributed by atoms with van der Waals surface area (Å²) in [6, 6.07) is 48.4. The van der Waals surface area contributed by atoms with Crippen molar-refractivity contribution in [3.05, 3.63) is 150 Å². The second-order valence-electron chi connectivity index (χ2n) is 11.1. The van der Waals surface area contributed by atoms with Crippen molar-refractivity contribution in [3.63, 3.8) is 0 Å². The van der Waals surface area contributed by atoms with Gasteiger partial charge in [-0.1, -0.05) is 97.1 Å². The quantitative estimate of drug-likeness (QED) is 0.195. The molecule has 0 bridgehead atoms. The van der Waals surface area contributed by atoms with Crippen LogP contribution < -0.4 is 0 Å². The van der Waals surface area contributed by atoms with E-state index in [0.29, 0.717) is 11.3 Å². The summed E-state index contributed by atoms with van der Waals surface area (Å²) < 4.78 is 4.38. The molecule has 9 rings (SSSR count). The minimum atomic E-state index is 0.437. The molecule has 7 aromatic carbocycles. The standard InChI is InChI=1S/C40H22N4/c1-42-32-22-27(24-41)37(43-33-16-8-6-14-30(33)39-28-12-4-2-10-25(28)18-20-35(39)43)23-38(32)44-34-17-9-7-15-31(34)40-29-13-5-3-11-26(29)19-21-36(40)44/h2-23H. The Labute approximate surface area is 252 Å². The van der Waals surface area contributed by atoms with Gasteiger partial charge in [0.2, 0.25) is 5.69 Å². The van der Waals surface area contributed by atoms with Crippen molar-refractivity contribution in [2.45, 2.75) is 0 Å². The Bertz CT molecular complexity index is 2560. The first-order chi connectivity index (χ1) is 21.8. The van der Waals surface area contributed by atoms with Gasteiger partial charge in [-0.05, 0) is 57.9 Å². The highest BCUT2D eigenvalue weighted by Crippen LogP contribution is 2.42. The van der Waals surface area contributed by atoms with Gasteiger partial charge in [-0.25, -0.2) is 4.85 Å². The second kappa shape index (κ2) is 9.07. The average molecular weight is 559 g/mol. The molecule has 4 heteroatoms. The summed E-state index contributed by atoms with van der Waals surface area (Å²) in [6.45, 7) is 8.20. The number of aromatic nitrogens is 2. The molecule has 0 fully saturated rings. The monoisotopic (exact) mass is 558 g/mol. The number of nitrogens with zero attached hydrogens (tertiary/aromatic N) is 4. The van der Waals surface area contributed by atoms with Gasteiger partial charge in [0.05, 0.1) is 51.6 Å². The number of rotatable bonds is 2. The molecule has 202 valence electrons. The average Bonchev–Trinajstić information content (AvgIpc) is 3.61. The Balaban J connectivity index is 1.45. The van der Waals surface area contributed by atoms with E-state index >= 15 is 0 Å². The van der Waals surface area contributed by atoms with Gasteiger partial charge in [-0.2, -0.15) is 5.26 Å². The van der Waals surface area contributed by atoms with Crippen molar-refractivity contribution < 1.29 is 0 Å². The van der Waals surface area contributed by atoms with E-state index in [1.807, 2.05) is 18.2 Å². The topological polar surface area (TPSA) is 38.0 Å². The molecule has 0 atom stereocenters. The van der Waals surface area contributed by atoms with Gasteiger partial charge in [0.25, 0.3) is 0 Å². The van der Waals surface area contributed by atoms with Gasteiger partial charge >= 0.3 is 0 Å². The molecule has 0 N–H and O–H groups in total. The number of para-hydroxylation sites is 2. The molecule has 0 aliphatic heterocycles. The summed E-state index contributed by atoms with van der Waals surface area (Å²) >= 11 is 0. The first kappa shape index (κ1) is 24.3. The van der Waals surface area contributed by atoms with Gasteiger partial charge in [-0.15, -0.1) is 0 Å². The minimum Gasteiger partial charge on any atom is -0.319 e. The predicted octanol–water partition coefficient (Wildman–Crippen LogP) is 10.6. The summed E-state index contributed by atoms with van der Waals surface area (Å²) in [5.41, 5.74) is 6.49. The molecular formula is C40H22N4. The fraction of sp³-hybridized carbons (Fsp3) is 0. The zero-order valence-corrected chi connectivity index (χ0v) is 23.5. The Morgan fingerprint density at radius 1 is 0.500 bits per heavy atom. The number of nitriles is 1. The van der Waals surface area contributed by atoms with Crippen molar-refractivity contribution in [1.82, 2.24) is 9.13 Å². The van der Waals surface area contributed by atoms with Crippen molar-refractivity contribution in [3.8, 4) is 17.4 Å². The third kappa shape index (κ3) is 3.20. The third-order valence-corrected chi connectivity index (χ3v) is 8.94. The maximum atomic E-state index is 10.5. The van der Waals surface area contributed by atoms with Crippen LogP contribution in [0.5, 0.6) is 0 Å². The van der Waals surface area contributed by atoms with Crippen LogP contribution in [0.25, 0.3) is 81.4 Å². The van der Waals surface area contributed by atoms with Crippen LogP contribution in [0, 0.1) is 17.9 Å². The summed E-state index contributed by atoms with van der Waals surface area (Å²) in [7, 11) is 0. The lowest BCUT2D eigenvalue weighted by molar-refractivity contribution is 1.13. The fourth-order valence-electron chi connectivity index (χ4n) is 7.11. The van der Waals surface area contributed by atoms with Gasteiger partial charge < -0.3 is 9.13 Å². The minimum absolute atomic E-state index is 0.437. The third-order valence-electron chi connectivity index (χ3n) is 8.94. The van der Waals surface area contributed by atoms with Gasteiger partial charge in [0, 0.05) is 21.5 Å². The summed E-state index contributed by atoms with van der Waals surface area (Å²) in [5, 5.41) is 19.7. The highest BCUT2D eigenvalue weighted by atomic mass is 15.0. The normalized spacial score (nSPS) is 11.6. The Hall–Kier alpha value is -6.36. The zero-order chi connectivity index (χ0) is 29.4. The zero-order valence-electron chi connectivity index (χ0n) is 23.5. The number of fused-ring (bicyclic) bond motifs is 10. The predicted molar refractivity (Wildman–Crippen MR) is 181 cm³/mol. The summed E-state index contributed by atoms with van der Waals surface area (Å²) in [4.78, 5) is 3.97. The van der Waals surface area contributed by atoms with Crippen LogP contribution in [0.15, 0.2) is 133 Å². The molecule has 0 aliphatic carbocycles. The Morgan fingerprint density at radius 2 is 0.977 bits per heavy atom. The van der Waals surface area contributed by atoms with E-state index < -0.39 is 0 Å². The van der Waals surface area contributed by atoms with E-state index in [2.05, 4.69) is 129 Å². The fourth-order valence-corrected chi connectivity index (χ4v) is 7.11. The Kier molecular flexibility index (Phi) is 5.00. The van der Waals surface area contributed by atoms with Crippen LogP contribution in [0.3, 0.4) is 0 Å². The van der Waals surface area contributed by atoms with Crippen LogP contribution in [0.4, 0.5) is 5.69 Å². The first-order valence-corrected chi connectivity index (χ1v) is 14.5. The first-order valence-electron chi connectivity index (χ1n) is 14.5. The molecule has 0 saturated heterocycles. The van der Waals surface area contributed by atoms with Crippen molar-refractivity contribution >= 4 is 70.8 Å². The van der Waals surface area contributed by atoms with Gasteiger partial charge in [0.15, 0.2) is 0 Å². The smallest absolute Gasteiger partial charge is 0.212 e. The number of benzene rings is 7. The van der Waals surface area contributed by atoms with Crippen molar-refractivity contribution in [2.24, 2.45) is 0 Å².